The van der Waals surface area contributed by atoms with E-state index in [4.69, 9.17) is 0 Å². The number of likely N-dealkylation sites (tertiary alicyclic amines) is 1. The third-order valence-electron chi connectivity index (χ3n) is 4.06. The third-order valence-corrected chi connectivity index (χ3v) is 4.06. The van der Waals surface area contributed by atoms with Crippen molar-refractivity contribution in [3.8, 4) is 0 Å². The molecule has 2 atom stereocenters. The summed E-state index contributed by atoms with van der Waals surface area (Å²) in [4.78, 5) is 5.00. The smallest absolute Gasteiger partial charge is 0.0218 e. The Balaban J connectivity index is 2.35. The van der Waals surface area contributed by atoms with Gasteiger partial charge in [0, 0.05) is 18.1 Å². The van der Waals surface area contributed by atoms with E-state index in [0.29, 0.717) is 12.1 Å². The summed E-state index contributed by atoms with van der Waals surface area (Å²) >= 11 is 0. The summed E-state index contributed by atoms with van der Waals surface area (Å²) in [6.45, 7) is 10.4. The minimum Gasteiger partial charge on any atom is -0.313 e. The average molecular weight is 227 g/mol. The fraction of sp³-hybridized carbons (Fsp3) is 1.00. The summed E-state index contributed by atoms with van der Waals surface area (Å²) in [6.07, 6.45) is 2.63. The molecule has 1 rings (SSSR count). The Morgan fingerprint density at radius 3 is 2.25 bits per heavy atom. The predicted octanol–water partition coefficient (Wildman–Crippen LogP) is 1.40. The molecule has 3 heteroatoms. The lowest BCUT2D eigenvalue weighted by molar-refractivity contribution is 0.100. The molecule has 16 heavy (non-hydrogen) atoms. The lowest BCUT2D eigenvalue weighted by Crippen LogP contribution is -2.51. The topological polar surface area (TPSA) is 18.5 Å². The molecule has 0 aromatic carbocycles. The Hall–Kier alpha value is -0.120. The number of nitrogens with zero attached hydrogens (tertiary/aromatic N) is 2. The third kappa shape index (κ3) is 3.72. The number of hydrogen-bond donors (Lipinski definition) is 1. The fourth-order valence-corrected chi connectivity index (χ4v) is 2.62. The van der Waals surface area contributed by atoms with Crippen molar-refractivity contribution in [3.63, 3.8) is 0 Å². The number of piperidine rings is 1. The number of nitrogens with one attached hydrogen (secondary N) is 1. The molecule has 0 aromatic rings. The van der Waals surface area contributed by atoms with E-state index in [0.717, 1.165) is 12.6 Å². The molecular formula is C13H29N3. The molecule has 0 aliphatic carbocycles. The van der Waals surface area contributed by atoms with Gasteiger partial charge >= 0.3 is 0 Å². The van der Waals surface area contributed by atoms with Gasteiger partial charge in [0.1, 0.15) is 0 Å². The summed E-state index contributed by atoms with van der Waals surface area (Å²) in [5, 5.41) is 3.52. The second-order valence-electron chi connectivity index (χ2n) is 5.32. The number of rotatable bonds is 5. The Morgan fingerprint density at radius 2 is 1.81 bits per heavy atom. The van der Waals surface area contributed by atoms with Crippen LogP contribution in [-0.4, -0.2) is 61.7 Å². The van der Waals surface area contributed by atoms with E-state index in [1.54, 1.807) is 0 Å². The van der Waals surface area contributed by atoms with E-state index >= 15 is 0 Å². The van der Waals surface area contributed by atoms with Crippen LogP contribution in [0.5, 0.6) is 0 Å². The van der Waals surface area contributed by atoms with Crippen LogP contribution in [0, 0.1) is 0 Å². The first-order valence-electron chi connectivity index (χ1n) is 6.70. The summed E-state index contributed by atoms with van der Waals surface area (Å²) < 4.78 is 0. The number of likely N-dealkylation sites (N-methyl/N-ethyl adjacent to an activating group) is 1. The van der Waals surface area contributed by atoms with Gasteiger partial charge in [-0.1, -0.05) is 6.92 Å². The van der Waals surface area contributed by atoms with Crippen molar-refractivity contribution in [2.45, 2.75) is 51.7 Å². The van der Waals surface area contributed by atoms with Crippen molar-refractivity contribution >= 4 is 0 Å². The largest absolute Gasteiger partial charge is 0.313 e. The first-order valence-corrected chi connectivity index (χ1v) is 6.70. The Bertz CT molecular complexity index is 186. The average Bonchev–Trinajstić information content (AvgIpc) is 2.28. The molecule has 0 saturated carbocycles. The molecule has 3 nitrogen and oxygen atoms in total. The fourth-order valence-electron chi connectivity index (χ4n) is 2.62. The molecule has 1 aliphatic rings. The molecule has 1 saturated heterocycles. The summed E-state index contributed by atoms with van der Waals surface area (Å²) in [6, 6.07) is 2.04. The van der Waals surface area contributed by atoms with Gasteiger partial charge in [-0.25, -0.2) is 0 Å². The van der Waals surface area contributed by atoms with Gasteiger partial charge in [-0.3, -0.25) is 4.90 Å². The SMILES string of the molecule is CCNC(C)C(C)N1CCC(N(C)C)CC1. The summed E-state index contributed by atoms with van der Waals surface area (Å²) in [7, 11) is 4.40. The van der Waals surface area contributed by atoms with Crippen LogP contribution in [0.1, 0.15) is 33.6 Å². The van der Waals surface area contributed by atoms with Crippen LogP contribution in [0.2, 0.25) is 0 Å². The zero-order valence-electron chi connectivity index (χ0n) is 11.7. The maximum Gasteiger partial charge on any atom is 0.0218 e. The molecule has 0 spiro atoms. The van der Waals surface area contributed by atoms with E-state index in [2.05, 4.69) is 50.0 Å². The van der Waals surface area contributed by atoms with Gasteiger partial charge in [-0.05, 0) is 60.4 Å². The molecule has 0 radical (unpaired) electrons. The molecular weight excluding hydrogens is 198 g/mol. The van der Waals surface area contributed by atoms with Gasteiger partial charge in [0.05, 0.1) is 0 Å². The van der Waals surface area contributed by atoms with Crippen molar-refractivity contribution in [2.24, 2.45) is 0 Å². The van der Waals surface area contributed by atoms with E-state index in [1.165, 1.54) is 25.9 Å². The van der Waals surface area contributed by atoms with Crippen LogP contribution >= 0.6 is 0 Å². The zero-order valence-corrected chi connectivity index (χ0v) is 11.7. The normalized spacial score (nSPS) is 23.6. The highest BCUT2D eigenvalue weighted by Crippen LogP contribution is 2.17. The van der Waals surface area contributed by atoms with Crippen molar-refractivity contribution < 1.29 is 0 Å². The molecule has 1 fully saturated rings. The van der Waals surface area contributed by atoms with Crippen molar-refractivity contribution in [1.82, 2.24) is 15.1 Å². The van der Waals surface area contributed by atoms with Gasteiger partial charge in [0.25, 0.3) is 0 Å². The highest BCUT2D eigenvalue weighted by atomic mass is 15.2. The Kier molecular flexibility index (Phi) is 5.73. The first-order chi connectivity index (χ1) is 7.56. The molecule has 0 aromatic heterocycles. The van der Waals surface area contributed by atoms with Crippen LogP contribution < -0.4 is 5.32 Å². The van der Waals surface area contributed by atoms with Gasteiger partial charge in [0.15, 0.2) is 0 Å². The van der Waals surface area contributed by atoms with Gasteiger partial charge in [0.2, 0.25) is 0 Å². The van der Waals surface area contributed by atoms with E-state index in [1.807, 2.05) is 0 Å². The lowest BCUT2D eigenvalue weighted by Gasteiger charge is -2.40. The minimum absolute atomic E-state index is 0.598. The Labute approximate surface area is 101 Å². The van der Waals surface area contributed by atoms with Crippen molar-refractivity contribution in [2.75, 3.05) is 33.7 Å². The predicted molar refractivity (Wildman–Crippen MR) is 70.9 cm³/mol. The molecule has 1 N–H and O–H groups in total. The molecule has 1 aliphatic heterocycles. The number of hydrogen-bond acceptors (Lipinski definition) is 3. The van der Waals surface area contributed by atoms with Crippen LogP contribution in [-0.2, 0) is 0 Å². The first kappa shape index (κ1) is 13.9. The Morgan fingerprint density at radius 1 is 1.25 bits per heavy atom. The molecule has 2 unspecified atom stereocenters. The highest BCUT2D eigenvalue weighted by Gasteiger charge is 2.25. The minimum atomic E-state index is 0.598. The van der Waals surface area contributed by atoms with Gasteiger partial charge in [-0.2, -0.15) is 0 Å². The highest BCUT2D eigenvalue weighted by molar-refractivity contribution is 4.83. The summed E-state index contributed by atoms with van der Waals surface area (Å²) in [5.41, 5.74) is 0. The van der Waals surface area contributed by atoms with E-state index in [9.17, 15) is 0 Å². The molecule has 0 amide bonds. The maximum absolute atomic E-state index is 3.52. The van der Waals surface area contributed by atoms with Gasteiger partial charge < -0.3 is 10.2 Å². The van der Waals surface area contributed by atoms with E-state index < -0.39 is 0 Å². The monoisotopic (exact) mass is 227 g/mol. The molecule has 96 valence electrons. The van der Waals surface area contributed by atoms with Crippen molar-refractivity contribution in [3.05, 3.63) is 0 Å². The molecule has 0 bridgehead atoms. The van der Waals surface area contributed by atoms with Crippen molar-refractivity contribution in [1.29, 1.82) is 0 Å². The van der Waals surface area contributed by atoms with Crippen LogP contribution in [0.15, 0.2) is 0 Å². The van der Waals surface area contributed by atoms with Crippen LogP contribution in [0.4, 0.5) is 0 Å². The standard InChI is InChI=1S/C13H29N3/c1-6-14-11(2)12(3)16-9-7-13(8-10-16)15(4)5/h11-14H,6-10H2,1-5H3. The van der Waals surface area contributed by atoms with E-state index in [-0.39, 0.29) is 0 Å². The van der Waals surface area contributed by atoms with Gasteiger partial charge in [-0.15, -0.1) is 0 Å². The molecule has 1 heterocycles. The van der Waals surface area contributed by atoms with Crippen LogP contribution in [0.3, 0.4) is 0 Å². The maximum atomic E-state index is 3.52. The summed E-state index contributed by atoms with van der Waals surface area (Å²) in [5.74, 6) is 0. The lowest BCUT2D eigenvalue weighted by atomic mass is 10.0. The quantitative estimate of drug-likeness (QED) is 0.766. The van der Waals surface area contributed by atoms with Crippen LogP contribution in [0.25, 0.3) is 0 Å². The zero-order chi connectivity index (χ0) is 12.1. The second kappa shape index (κ2) is 6.58. The second-order valence-corrected chi connectivity index (χ2v) is 5.32.